The third-order valence-electron chi connectivity index (χ3n) is 5.90. The van der Waals surface area contributed by atoms with Crippen LogP contribution in [0.25, 0.3) is 11.0 Å². The third-order valence-corrected chi connectivity index (χ3v) is 5.90. The third kappa shape index (κ3) is 4.54. The van der Waals surface area contributed by atoms with E-state index in [9.17, 15) is 4.79 Å². The van der Waals surface area contributed by atoms with E-state index in [-0.39, 0.29) is 5.91 Å². The first-order valence-electron chi connectivity index (χ1n) is 11.2. The van der Waals surface area contributed by atoms with Crippen LogP contribution in [0.2, 0.25) is 0 Å². The lowest BCUT2D eigenvalue weighted by molar-refractivity contribution is 0.0793. The Balaban J connectivity index is 1.73. The van der Waals surface area contributed by atoms with Gasteiger partial charge in [-0.1, -0.05) is 0 Å². The number of aromatic nitrogens is 2. The number of amides is 1. The topological polar surface area (TPSA) is 104 Å². The molecule has 4 rings (SSSR count). The number of carbonyl (C=O) groups is 1. The zero-order chi connectivity index (χ0) is 23.4. The molecule has 1 aliphatic heterocycles. The summed E-state index contributed by atoms with van der Waals surface area (Å²) in [5, 5.41) is 3.38. The second-order valence-electron chi connectivity index (χ2n) is 7.97. The number of methoxy groups -OCH3 is 3. The van der Waals surface area contributed by atoms with Crippen LogP contribution < -0.4 is 25.3 Å². The predicted molar refractivity (Wildman–Crippen MR) is 128 cm³/mol. The van der Waals surface area contributed by atoms with Crippen LogP contribution in [0, 0.1) is 0 Å². The van der Waals surface area contributed by atoms with E-state index in [0.717, 1.165) is 49.1 Å². The van der Waals surface area contributed by atoms with Crippen molar-refractivity contribution in [2.45, 2.75) is 25.8 Å². The number of rotatable bonds is 9. The minimum atomic E-state index is 0.0695. The number of hydrogen-bond donors (Lipinski definition) is 2. The van der Waals surface area contributed by atoms with Crippen molar-refractivity contribution < 1.29 is 19.0 Å². The molecule has 176 valence electrons. The van der Waals surface area contributed by atoms with E-state index in [4.69, 9.17) is 24.9 Å². The van der Waals surface area contributed by atoms with Crippen molar-refractivity contribution in [1.29, 1.82) is 0 Å². The van der Waals surface area contributed by atoms with E-state index in [1.54, 1.807) is 21.3 Å². The van der Waals surface area contributed by atoms with E-state index >= 15 is 0 Å². The summed E-state index contributed by atoms with van der Waals surface area (Å²) in [7, 11) is 4.73. The van der Waals surface area contributed by atoms with Gasteiger partial charge in [-0.3, -0.25) is 4.79 Å². The highest BCUT2D eigenvalue weighted by molar-refractivity contribution is 5.98. The summed E-state index contributed by atoms with van der Waals surface area (Å²) < 4.78 is 18.4. The molecule has 1 fully saturated rings. The van der Waals surface area contributed by atoms with Crippen molar-refractivity contribution in [1.82, 2.24) is 14.5 Å². The van der Waals surface area contributed by atoms with Crippen LogP contribution in [0.1, 0.15) is 29.6 Å². The number of anilines is 2. The van der Waals surface area contributed by atoms with E-state index in [1.807, 2.05) is 35.2 Å². The molecule has 1 saturated heterocycles. The van der Waals surface area contributed by atoms with Crippen LogP contribution in [0.5, 0.6) is 17.2 Å². The Morgan fingerprint density at radius 1 is 1.06 bits per heavy atom. The number of benzene rings is 2. The van der Waals surface area contributed by atoms with Gasteiger partial charge in [0, 0.05) is 43.0 Å². The lowest BCUT2D eigenvalue weighted by atomic mass is 10.1. The van der Waals surface area contributed by atoms with Gasteiger partial charge in [-0.25, -0.2) is 4.98 Å². The highest BCUT2D eigenvalue weighted by atomic mass is 16.5. The molecule has 3 aromatic rings. The molecule has 9 heteroatoms. The van der Waals surface area contributed by atoms with Gasteiger partial charge in [0.15, 0.2) is 11.5 Å². The summed E-state index contributed by atoms with van der Waals surface area (Å²) >= 11 is 0. The fraction of sp³-hybridized carbons (Fsp3) is 0.417. The molecule has 0 bridgehead atoms. The van der Waals surface area contributed by atoms with Crippen LogP contribution in [-0.2, 0) is 6.54 Å². The average Bonchev–Trinajstić information content (AvgIpc) is 3.49. The highest BCUT2D eigenvalue weighted by Crippen LogP contribution is 2.40. The molecule has 0 radical (unpaired) electrons. The van der Waals surface area contributed by atoms with Crippen LogP contribution >= 0.6 is 0 Å². The Morgan fingerprint density at radius 2 is 1.76 bits per heavy atom. The van der Waals surface area contributed by atoms with Gasteiger partial charge < -0.3 is 34.7 Å². The van der Waals surface area contributed by atoms with Crippen molar-refractivity contribution >= 4 is 28.6 Å². The quantitative estimate of drug-likeness (QED) is 0.512. The normalized spacial score (nSPS) is 13.4. The van der Waals surface area contributed by atoms with E-state index in [2.05, 4.69) is 9.88 Å². The summed E-state index contributed by atoms with van der Waals surface area (Å²) in [6.07, 6.45) is 2.90. The van der Waals surface area contributed by atoms with Crippen LogP contribution in [0.4, 0.5) is 11.6 Å². The molecule has 3 N–H and O–H groups in total. The van der Waals surface area contributed by atoms with Crippen molar-refractivity contribution in [3.8, 4) is 17.2 Å². The number of ether oxygens (including phenoxy) is 3. The lowest BCUT2D eigenvalue weighted by Crippen LogP contribution is -2.27. The van der Waals surface area contributed by atoms with Gasteiger partial charge in [0.2, 0.25) is 11.7 Å². The monoisotopic (exact) mass is 453 g/mol. The zero-order valence-electron chi connectivity index (χ0n) is 19.4. The molecule has 9 nitrogen and oxygen atoms in total. The lowest BCUT2D eigenvalue weighted by Gasteiger charge is -2.16. The number of imidazole rings is 1. The molecule has 0 spiro atoms. The fourth-order valence-electron chi connectivity index (χ4n) is 4.21. The minimum absolute atomic E-state index is 0.0695. The summed E-state index contributed by atoms with van der Waals surface area (Å²) in [4.78, 5) is 19.6. The highest BCUT2D eigenvalue weighted by Gasteiger charge is 2.21. The van der Waals surface area contributed by atoms with E-state index in [0.29, 0.717) is 41.8 Å². The smallest absolute Gasteiger partial charge is 0.253 e. The molecule has 0 unspecified atom stereocenters. The van der Waals surface area contributed by atoms with Gasteiger partial charge in [0.1, 0.15) is 0 Å². The van der Waals surface area contributed by atoms with Crippen molar-refractivity contribution in [3.63, 3.8) is 0 Å². The van der Waals surface area contributed by atoms with Gasteiger partial charge in [0.25, 0.3) is 5.91 Å². The second kappa shape index (κ2) is 9.99. The van der Waals surface area contributed by atoms with E-state index in [1.165, 1.54) is 0 Å². The molecule has 0 saturated carbocycles. The molecular weight excluding hydrogens is 422 g/mol. The second-order valence-corrected chi connectivity index (χ2v) is 7.97. The number of carbonyl (C=O) groups excluding carboxylic acids is 1. The Morgan fingerprint density at radius 3 is 2.36 bits per heavy atom. The number of fused-ring (bicyclic) bond motifs is 1. The van der Waals surface area contributed by atoms with Gasteiger partial charge in [-0.2, -0.15) is 0 Å². The Labute approximate surface area is 193 Å². The van der Waals surface area contributed by atoms with Crippen LogP contribution in [0.15, 0.2) is 30.3 Å². The molecule has 33 heavy (non-hydrogen) atoms. The van der Waals surface area contributed by atoms with Gasteiger partial charge in [0.05, 0.1) is 32.4 Å². The standard InChI is InChI=1S/C24H31N5O4/c1-31-20-14-17(15-21(32-2)22(20)33-3)26-24-27-18-8-7-16(23(30)28-10-4-5-11-28)13-19(18)29(24)12-6-9-25/h7-8,13-15H,4-6,9-12,25H2,1-3H3,(H,26,27). The molecule has 1 aromatic heterocycles. The van der Waals surface area contributed by atoms with Crippen molar-refractivity contribution in [3.05, 3.63) is 35.9 Å². The first kappa shape index (κ1) is 22.7. The Bertz CT molecular complexity index is 1110. The van der Waals surface area contributed by atoms with Crippen LogP contribution in [-0.4, -0.2) is 61.3 Å². The number of aryl methyl sites for hydroxylation is 1. The number of hydrogen-bond acceptors (Lipinski definition) is 7. The summed E-state index contributed by atoms with van der Waals surface area (Å²) in [5.74, 6) is 2.33. The first-order chi connectivity index (χ1) is 16.1. The van der Waals surface area contributed by atoms with Crippen molar-refractivity contribution in [2.24, 2.45) is 5.73 Å². The molecule has 0 atom stereocenters. The fourth-order valence-corrected chi connectivity index (χ4v) is 4.21. The Kier molecular flexibility index (Phi) is 6.88. The predicted octanol–water partition coefficient (Wildman–Crippen LogP) is 3.39. The zero-order valence-corrected chi connectivity index (χ0v) is 19.4. The maximum absolute atomic E-state index is 12.9. The molecule has 0 aliphatic carbocycles. The summed E-state index contributed by atoms with van der Waals surface area (Å²) in [5.41, 5.74) is 8.91. The molecule has 2 heterocycles. The van der Waals surface area contributed by atoms with E-state index < -0.39 is 0 Å². The average molecular weight is 454 g/mol. The van der Waals surface area contributed by atoms with Crippen molar-refractivity contribution in [2.75, 3.05) is 46.3 Å². The maximum atomic E-state index is 12.9. The largest absolute Gasteiger partial charge is 0.493 e. The van der Waals surface area contributed by atoms with Crippen LogP contribution in [0.3, 0.4) is 0 Å². The minimum Gasteiger partial charge on any atom is -0.493 e. The van der Waals surface area contributed by atoms with Gasteiger partial charge in [-0.15, -0.1) is 0 Å². The molecule has 1 aliphatic rings. The SMILES string of the molecule is COc1cc(Nc2nc3ccc(C(=O)N4CCCC4)cc3n2CCCN)cc(OC)c1OC. The maximum Gasteiger partial charge on any atom is 0.253 e. The Hall–Kier alpha value is -3.46. The number of nitrogens with one attached hydrogen (secondary N) is 1. The first-order valence-corrected chi connectivity index (χ1v) is 11.2. The van der Waals surface area contributed by atoms with Gasteiger partial charge in [-0.05, 0) is 44.0 Å². The summed E-state index contributed by atoms with van der Waals surface area (Å²) in [6.45, 7) is 2.85. The molecule has 2 aromatic carbocycles. The molecule has 1 amide bonds. The number of nitrogens with zero attached hydrogens (tertiary/aromatic N) is 3. The van der Waals surface area contributed by atoms with Gasteiger partial charge >= 0.3 is 0 Å². The molecular formula is C24H31N5O4. The number of likely N-dealkylation sites (tertiary alicyclic amines) is 1. The summed E-state index contributed by atoms with van der Waals surface area (Å²) in [6, 6.07) is 9.34. The number of nitrogens with two attached hydrogens (primary N) is 1.